The standard InChI is InChI=1S/C73H136O6/c1-4-7-10-13-16-19-22-25-26-27-28-29-30-31-32-33-34-35-36-37-38-39-40-41-42-43-44-45-46-49-51-54-57-60-63-66-72(75)78-69-70(79-73(76)67-64-61-58-55-52-48-24-21-18-15-12-9-6-3)68-77-71(74)65-62-59-56-53-50-47-23-20-17-14-11-8-5-2/h12,15,20-21,23-24,70H,4-11,13-14,16-19,22,25-69H2,1-3H3/b15-12-,23-20-,24-21-. The molecule has 1 atom stereocenters. The minimum absolute atomic E-state index is 0.0767. The summed E-state index contributed by atoms with van der Waals surface area (Å²) in [6, 6.07) is 0. The molecule has 0 rings (SSSR count). The van der Waals surface area contributed by atoms with E-state index < -0.39 is 6.10 Å². The van der Waals surface area contributed by atoms with Crippen LogP contribution in [0.25, 0.3) is 0 Å². The van der Waals surface area contributed by atoms with Crippen LogP contribution in [0.5, 0.6) is 0 Å². The fourth-order valence-electron chi connectivity index (χ4n) is 10.8. The fourth-order valence-corrected chi connectivity index (χ4v) is 10.8. The number of carbonyl (C=O) groups excluding carboxylic acids is 3. The van der Waals surface area contributed by atoms with Gasteiger partial charge in [-0.3, -0.25) is 14.4 Å². The van der Waals surface area contributed by atoms with Gasteiger partial charge in [-0.15, -0.1) is 0 Å². The Morgan fingerprint density at radius 2 is 0.481 bits per heavy atom. The van der Waals surface area contributed by atoms with E-state index in [1.54, 1.807) is 0 Å². The van der Waals surface area contributed by atoms with Crippen LogP contribution in [0, 0.1) is 0 Å². The highest BCUT2D eigenvalue weighted by molar-refractivity contribution is 5.71. The molecule has 0 aliphatic rings. The molecule has 6 nitrogen and oxygen atoms in total. The lowest BCUT2D eigenvalue weighted by molar-refractivity contribution is -0.167. The first-order chi connectivity index (χ1) is 39.0. The Labute approximate surface area is 493 Å². The third-order valence-electron chi connectivity index (χ3n) is 16.1. The van der Waals surface area contributed by atoms with Crippen molar-refractivity contribution in [1.82, 2.24) is 0 Å². The lowest BCUT2D eigenvalue weighted by Crippen LogP contribution is -2.30. The summed E-state index contributed by atoms with van der Waals surface area (Å²) in [4.78, 5) is 38.2. The number of carbonyl (C=O) groups is 3. The summed E-state index contributed by atoms with van der Waals surface area (Å²) in [5.41, 5.74) is 0. The lowest BCUT2D eigenvalue weighted by atomic mass is 10.0. The van der Waals surface area contributed by atoms with Gasteiger partial charge < -0.3 is 14.2 Å². The summed E-state index contributed by atoms with van der Waals surface area (Å²) in [7, 11) is 0. The molecule has 0 N–H and O–H groups in total. The molecule has 0 saturated heterocycles. The molecular weight excluding hydrogens is 973 g/mol. The Bertz CT molecular complexity index is 1320. The monoisotopic (exact) mass is 1110 g/mol. The zero-order valence-electron chi connectivity index (χ0n) is 53.4. The van der Waals surface area contributed by atoms with Crippen molar-refractivity contribution in [2.24, 2.45) is 0 Å². The molecule has 0 saturated carbocycles. The smallest absolute Gasteiger partial charge is 0.306 e. The van der Waals surface area contributed by atoms with E-state index in [4.69, 9.17) is 14.2 Å². The number of hydrogen-bond acceptors (Lipinski definition) is 6. The van der Waals surface area contributed by atoms with Gasteiger partial charge in [-0.2, -0.15) is 0 Å². The lowest BCUT2D eigenvalue weighted by Gasteiger charge is -2.18. The number of ether oxygens (including phenoxy) is 3. The molecule has 0 aromatic carbocycles. The van der Waals surface area contributed by atoms with Crippen LogP contribution in [0.3, 0.4) is 0 Å². The Hall–Kier alpha value is -2.37. The third-order valence-corrected chi connectivity index (χ3v) is 16.1. The maximum absolute atomic E-state index is 12.9. The Morgan fingerprint density at radius 3 is 0.772 bits per heavy atom. The average Bonchev–Trinajstić information content (AvgIpc) is 3.45. The molecular formula is C73H136O6. The van der Waals surface area contributed by atoms with Crippen LogP contribution < -0.4 is 0 Å². The van der Waals surface area contributed by atoms with E-state index in [-0.39, 0.29) is 31.1 Å². The molecule has 0 aliphatic heterocycles. The van der Waals surface area contributed by atoms with Crippen molar-refractivity contribution >= 4 is 17.9 Å². The Balaban J connectivity index is 4.00. The molecule has 464 valence electrons. The second-order valence-electron chi connectivity index (χ2n) is 24.1. The van der Waals surface area contributed by atoms with E-state index in [2.05, 4.69) is 57.2 Å². The maximum atomic E-state index is 12.9. The van der Waals surface area contributed by atoms with Crippen LogP contribution in [0.2, 0.25) is 0 Å². The normalized spacial score (nSPS) is 12.2. The van der Waals surface area contributed by atoms with Gasteiger partial charge in [0.2, 0.25) is 0 Å². The molecule has 0 bridgehead atoms. The van der Waals surface area contributed by atoms with Crippen molar-refractivity contribution in [2.45, 2.75) is 399 Å². The molecule has 6 heteroatoms. The molecule has 0 heterocycles. The molecule has 0 aliphatic carbocycles. The van der Waals surface area contributed by atoms with Crippen molar-refractivity contribution in [3.05, 3.63) is 36.5 Å². The van der Waals surface area contributed by atoms with E-state index in [9.17, 15) is 14.4 Å². The number of allylic oxidation sites excluding steroid dienone is 6. The summed E-state index contributed by atoms with van der Waals surface area (Å²) in [5, 5.41) is 0. The van der Waals surface area contributed by atoms with E-state index in [1.165, 1.54) is 257 Å². The SMILES string of the molecule is CCC/C=C\C/C=C\CCCCCCCC(=O)OC(COC(=O)CCCCCCC/C=C\CCCCCC)COC(=O)CCCCCCCCCCCCCCCCCCCCCCCCCCCCCCCCCCCCC. The van der Waals surface area contributed by atoms with Gasteiger partial charge in [-0.1, -0.05) is 340 Å². The quantitative estimate of drug-likeness (QED) is 0.0261. The molecule has 0 fully saturated rings. The van der Waals surface area contributed by atoms with E-state index >= 15 is 0 Å². The Kier molecular flexibility index (Phi) is 66.1. The van der Waals surface area contributed by atoms with Crippen molar-refractivity contribution < 1.29 is 28.6 Å². The van der Waals surface area contributed by atoms with Crippen LogP contribution in [-0.4, -0.2) is 37.2 Å². The highest BCUT2D eigenvalue weighted by Gasteiger charge is 2.19. The summed E-state index contributed by atoms with van der Waals surface area (Å²) >= 11 is 0. The van der Waals surface area contributed by atoms with E-state index in [1.807, 2.05) is 0 Å². The maximum Gasteiger partial charge on any atom is 0.306 e. The van der Waals surface area contributed by atoms with E-state index in [0.717, 1.165) is 96.3 Å². The van der Waals surface area contributed by atoms with Crippen molar-refractivity contribution in [1.29, 1.82) is 0 Å². The van der Waals surface area contributed by atoms with E-state index in [0.29, 0.717) is 19.3 Å². The molecule has 0 radical (unpaired) electrons. The molecule has 79 heavy (non-hydrogen) atoms. The zero-order valence-corrected chi connectivity index (χ0v) is 53.4. The number of rotatable bonds is 66. The first kappa shape index (κ1) is 76.6. The van der Waals surface area contributed by atoms with Crippen molar-refractivity contribution in [2.75, 3.05) is 13.2 Å². The van der Waals surface area contributed by atoms with Crippen LogP contribution in [-0.2, 0) is 28.6 Å². The van der Waals surface area contributed by atoms with Gasteiger partial charge in [0.1, 0.15) is 13.2 Å². The fraction of sp³-hybridized carbons (Fsp3) is 0.877. The molecule has 1 unspecified atom stereocenters. The number of unbranched alkanes of at least 4 members (excludes halogenated alkanes) is 49. The minimum Gasteiger partial charge on any atom is -0.462 e. The number of esters is 3. The number of hydrogen-bond donors (Lipinski definition) is 0. The second-order valence-corrected chi connectivity index (χ2v) is 24.1. The third kappa shape index (κ3) is 66.3. The topological polar surface area (TPSA) is 78.9 Å². The minimum atomic E-state index is -0.781. The highest BCUT2D eigenvalue weighted by atomic mass is 16.6. The summed E-state index contributed by atoms with van der Waals surface area (Å²) in [5.74, 6) is -0.879. The molecule has 0 spiro atoms. The van der Waals surface area contributed by atoms with Gasteiger partial charge in [0.05, 0.1) is 0 Å². The molecule has 0 aromatic heterocycles. The van der Waals surface area contributed by atoms with Gasteiger partial charge in [0.15, 0.2) is 6.10 Å². The van der Waals surface area contributed by atoms with Crippen LogP contribution in [0.4, 0.5) is 0 Å². The Morgan fingerprint density at radius 1 is 0.253 bits per heavy atom. The predicted molar refractivity (Wildman–Crippen MR) is 344 cm³/mol. The van der Waals surface area contributed by atoms with Crippen LogP contribution >= 0.6 is 0 Å². The van der Waals surface area contributed by atoms with Gasteiger partial charge >= 0.3 is 17.9 Å². The average molecular weight is 1110 g/mol. The molecule has 0 amide bonds. The summed E-state index contributed by atoms with van der Waals surface area (Å²) in [6.07, 6.45) is 85.0. The summed E-state index contributed by atoms with van der Waals surface area (Å²) in [6.45, 7) is 6.60. The van der Waals surface area contributed by atoms with Gasteiger partial charge in [-0.05, 0) is 70.6 Å². The van der Waals surface area contributed by atoms with Gasteiger partial charge in [0.25, 0.3) is 0 Å². The summed E-state index contributed by atoms with van der Waals surface area (Å²) < 4.78 is 16.9. The first-order valence-corrected chi connectivity index (χ1v) is 35.5. The zero-order chi connectivity index (χ0) is 57.1. The highest BCUT2D eigenvalue weighted by Crippen LogP contribution is 2.19. The van der Waals surface area contributed by atoms with Crippen LogP contribution in [0.15, 0.2) is 36.5 Å². The van der Waals surface area contributed by atoms with Gasteiger partial charge in [0, 0.05) is 19.3 Å². The van der Waals surface area contributed by atoms with Crippen LogP contribution in [0.1, 0.15) is 393 Å². The predicted octanol–water partition coefficient (Wildman–Crippen LogP) is 24.3. The van der Waals surface area contributed by atoms with Gasteiger partial charge in [-0.25, -0.2) is 0 Å². The largest absolute Gasteiger partial charge is 0.462 e. The molecule has 0 aromatic rings. The van der Waals surface area contributed by atoms with Crippen molar-refractivity contribution in [3.8, 4) is 0 Å². The second kappa shape index (κ2) is 68.1. The van der Waals surface area contributed by atoms with Crippen molar-refractivity contribution in [3.63, 3.8) is 0 Å². The first-order valence-electron chi connectivity index (χ1n) is 35.5.